The summed E-state index contributed by atoms with van der Waals surface area (Å²) in [5, 5.41) is 3.06. The molecule has 5 nitrogen and oxygen atoms in total. The van der Waals surface area contributed by atoms with Gasteiger partial charge in [-0.15, -0.1) is 24.0 Å². The third-order valence-electron chi connectivity index (χ3n) is 3.97. The molecule has 3 aromatic rings. The van der Waals surface area contributed by atoms with Crippen LogP contribution in [0.4, 0.5) is 5.69 Å². The summed E-state index contributed by atoms with van der Waals surface area (Å²) in [6, 6.07) is 25.5. The summed E-state index contributed by atoms with van der Waals surface area (Å²) in [5.41, 5.74) is 8.95. The van der Waals surface area contributed by atoms with E-state index in [1.165, 1.54) is 0 Å². The van der Waals surface area contributed by atoms with Crippen molar-refractivity contribution in [3.05, 3.63) is 90.0 Å². The van der Waals surface area contributed by atoms with Crippen LogP contribution >= 0.6 is 24.0 Å². The standard InChI is InChI=1S/C22H23N3O2.HI/c1-26-21-10-6-5-9-20(21)25-22(23)24-15-17-11-13-18(14-12-17)16-27-19-7-3-2-4-8-19;/h2-14H,15-16H2,1H3,(H3,23,24,25);1H. The van der Waals surface area contributed by atoms with E-state index in [4.69, 9.17) is 15.2 Å². The van der Waals surface area contributed by atoms with Crippen molar-refractivity contribution in [2.45, 2.75) is 13.2 Å². The van der Waals surface area contributed by atoms with Gasteiger partial charge in [0.05, 0.1) is 19.3 Å². The van der Waals surface area contributed by atoms with Crippen LogP contribution in [0.1, 0.15) is 11.1 Å². The predicted molar refractivity (Wildman–Crippen MR) is 125 cm³/mol. The van der Waals surface area contributed by atoms with Crippen LogP contribution in [0.15, 0.2) is 83.9 Å². The fraction of sp³-hybridized carbons (Fsp3) is 0.136. The van der Waals surface area contributed by atoms with Crippen molar-refractivity contribution in [2.24, 2.45) is 10.7 Å². The summed E-state index contributed by atoms with van der Waals surface area (Å²) in [5.74, 6) is 1.93. The van der Waals surface area contributed by atoms with E-state index < -0.39 is 0 Å². The number of rotatable bonds is 7. The molecule has 3 aromatic carbocycles. The molecule has 0 saturated carbocycles. The van der Waals surface area contributed by atoms with E-state index in [0.29, 0.717) is 19.1 Å². The molecule has 0 aliphatic rings. The van der Waals surface area contributed by atoms with Crippen LogP contribution in [0, 0.1) is 0 Å². The fourth-order valence-electron chi connectivity index (χ4n) is 2.53. The molecule has 6 heteroatoms. The van der Waals surface area contributed by atoms with Crippen molar-refractivity contribution in [3.63, 3.8) is 0 Å². The highest BCUT2D eigenvalue weighted by Gasteiger charge is 2.02. The van der Waals surface area contributed by atoms with Crippen LogP contribution in [-0.4, -0.2) is 13.1 Å². The minimum atomic E-state index is 0. The Kier molecular flexibility index (Phi) is 8.61. The van der Waals surface area contributed by atoms with Crippen molar-refractivity contribution < 1.29 is 9.47 Å². The number of hydrogen-bond acceptors (Lipinski definition) is 3. The van der Waals surface area contributed by atoms with Gasteiger partial charge in [-0.1, -0.05) is 54.6 Å². The normalized spacial score (nSPS) is 10.7. The van der Waals surface area contributed by atoms with Gasteiger partial charge in [-0.25, -0.2) is 4.99 Å². The van der Waals surface area contributed by atoms with Gasteiger partial charge in [-0.2, -0.15) is 0 Å². The van der Waals surface area contributed by atoms with Gasteiger partial charge in [0.1, 0.15) is 18.1 Å². The number of halogens is 1. The molecule has 0 radical (unpaired) electrons. The zero-order valence-corrected chi connectivity index (χ0v) is 18.0. The highest BCUT2D eigenvalue weighted by Crippen LogP contribution is 2.22. The molecule has 146 valence electrons. The minimum absolute atomic E-state index is 0. The van der Waals surface area contributed by atoms with E-state index in [1.54, 1.807) is 7.11 Å². The molecule has 0 amide bonds. The molecule has 0 saturated heterocycles. The number of para-hydroxylation sites is 3. The number of aliphatic imine (C=N–C) groups is 1. The van der Waals surface area contributed by atoms with Crippen molar-refractivity contribution in [1.29, 1.82) is 0 Å². The zero-order valence-electron chi connectivity index (χ0n) is 15.7. The van der Waals surface area contributed by atoms with Crippen LogP contribution in [0.3, 0.4) is 0 Å². The molecule has 0 atom stereocenters. The monoisotopic (exact) mass is 489 g/mol. The molecule has 0 aromatic heterocycles. The number of hydrogen-bond donors (Lipinski definition) is 2. The molecule has 0 spiro atoms. The van der Waals surface area contributed by atoms with Crippen molar-refractivity contribution in [2.75, 3.05) is 12.4 Å². The molecule has 0 bridgehead atoms. The van der Waals surface area contributed by atoms with Gasteiger partial charge >= 0.3 is 0 Å². The Morgan fingerprint density at radius 1 is 0.893 bits per heavy atom. The van der Waals surface area contributed by atoms with Gasteiger partial charge < -0.3 is 20.5 Å². The lowest BCUT2D eigenvalue weighted by Crippen LogP contribution is -2.22. The average Bonchev–Trinajstić information content (AvgIpc) is 2.72. The number of nitrogens with zero attached hydrogens (tertiary/aromatic N) is 1. The Morgan fingerprint density at radius 3 is 2.25 bits per heavy atom. The summed E-state index contributed by atoms with van der Waals surface area (Å²) < 4.78 is 11.0. The first-order valence-corrected chi connectivity index (χ1v) is 8.70. The number of anilines is 1. The van der Waals surface area contributed by atoms with Crippen LogP contribution in [-0.2, 0) is 13.2 Å². The topological polar surface area (TPSA) is 68.9 Å². The molecule has 0 aliphatic heterocycles. The van der Waals surface area contributed by atoms with E-state index in [2.05, 4.69) is 10.3 Å². The third-order valence-corrected chi connectivity index (χ3v) is 3.97. The number of benzene rings is 3. The molecule has 3 rings (SSSR count). The molecular formula is C22H24IN3O2. The Bertz CT molecular complexity index is 884. The first-order valence-electron chi connectivity index (χ1n) is 8.70. The van der Waals surface area contributed by atoms with Gasteiger partial charge in [0.25, 0.3) is 0 Å². The number of nitrogens with two attached hydrogens (primary N) is 1. The van der Waals surface area contributed by atoms with Gasteiger partial charge in [0.2, 0.25) is 0 Å². The lowest BCUT2D eigenvalue weighted by atomic mass is 10.1. The maximum atomic E-state index is 5.98. The summed E-state index contributed by atoms with van der Waals surface area (Å²) in [4.78, 5) is 4.38. The number of nitrogens with one attached hydrogen (secondary N) is 1. The van der Waals surface area contributed by atoms with E-state index in [1.807, 2.05) is 78.9 Å². The smallest absolute Gasteiger partial charge is 0.193 e. The van der Waals surface area contributed by atoms with Gasteiger partial charge in [0.15, 0.2) is 5.96 Å². The third kappa shape index (κ3) is 6.45. The molecule has 0 unspecified atom stereocenters. The van der Waals surface area contributed by atoms with Crippen LogP contribution < -0.4 is 20.5 Å². The second kappa shape index (κ2) is 11.2. The van der Waals surface area contributed by atoms with Crippen LogP contribution in [0.25, 0.3) is 0 Å². The Labute approximate surface area is 182 Å². The van der Waals surface area contributed by atoms with Crippen molar-refractivity contribution in [3.8, 4) is 11.5 Å². The Hall–Kier alpha value is -2.74. The van der Waals surface area contributed by atoms with Crippen LogP contribution in [0.2, 0.25) is 0 Å². The van der Waals surface area contributed by atoms with Crippen molar-refractivity contribution >= 4 is 35.6 Å². The van der Waals surface area contributed by atoms with Gasteiger partial charge in [-0.05, 0) is 35.4 Å². The second-order valence-electron chi connectivity index (χ2n) is 5.94. The van der Waals surface area contributed by atoms with E-state index in [-0.39, 0.29) is 24.0 Å². The summed E-state index contributed by atoms with van der Waals surface area (Å²) in [6.07, 6.45) is 0. The largest absolute Gasteiger partial charge is 0.495 e. The summed E-state index contributed by atoms with van der Waals surface area (Å²) >= 11 is 0. The SMILES string of the molecule is COc1ccccc1NC(N)=NCc1ccc(COc2ccccc2)cc1.I. The molecule has 28 heavy (non-hydrogen) atoms. The molecular weight excluding hydrogens is 465 g/mol. The minimum Gasteiger partial charge on any atom is -0.495 e. The second-order valence-corrected chi connectivity index (χ2v) is 5.94. The quantitative estimate of drug-likeness (QED) is 0.284. The zero-order chi connectivity index (χ0) is 18.9. The first kappa shape index (κ1) is 21.6. The number of guanidine groups is 1. The number of ether oxygens (including phenoxy) is 2. The van der Waals surface area contributed by atoms with E-state index >= 15 is 0 Å². The maximum Gasteiger partial charge on any atom is 0.193 e. The molecule has 0 fully saturated rings. The summed E-state index contributed by atoms with van der Waals surface area (Å²) in [6.45, 7) is 1.03. The van der Waals surface area contributed by atoms with Crippen LogP contribution in [0.5, 0.6) is 11.5 Å². The van der Waals surface area contributed by atoms with E-state index in [0.717, 1.165) is 28.3 Å². The van der Waals surface area contributed by atoms with Gasteiger partial charge in [0, 0.05) is 0 Å². The summed E-state index contributed by atoms with van der Waals surface area (Å²) in [7, 11) is 1.62. The molecule has 0 heterocycles. The fourth-order valence-corrected chi connectivity index (χ4v) is 2.53. The average molecular weight is 489 g/mol. The molecule has 3 N–H and O–H groups in total. The maximum absolute atomic E-state index is 5.98. The predicted octanol–water partition coefficient (Wildman–Crippen LogP) is 4.82. The number of methoxy groups -OCH3 is 1. The highest BCUT2D eigenvalue weighted by atomic mass is 127. The van der Waals surface area contributed by atoms with Gasteiger partial charge in [-0.3, -0.25) is 0 Å². The lowest BCUT2D eigenvalue weighted by Gasteiger charge is -2.10. The highest BCUT2D eigenvalue weighted by molar-refractivity contribution is 14.0. The van der Waals surface area contributed by atoms with E-state index in [9.17, 15) is 0 Å². The lowest BCUT2D eigenvalue weighted by molar-refractivity contribution is 0.306. The Morgan fingerprint density at radius 2 is 1.54 bits per heavy atom. The Balaban J connectivity index is 0.00000280. The molecule has 0 aliphatic carbocycles. The first-order chi connectivity index (χ1) is 13.2. The van der Waals surface area contributed by atoms with Crippen molar-refractivity contribution in [1.82, 2.24) is 0 Å².